The van der Waals surface area contributed by atoms with Crippen LogP contribution in [0.3, 0.4) is 0 Å². The summed E-state index contributed by atoms with van der Waals surface area (Å²) in [5.74, 6) is 2.30. The van der Waals surface area contributed by atoms with Crippen molar-refractivity contribution in [1.82, 2.24) is 0 Å². The maximum absolute atomic E-state index is 12.7. The van der Waals surface area contributed by atoms with Gasteiger partial charge in [-0.3, -0.25) is 4.79 Å². The molecule has 0 saturated heterocycles. The average Bonchev–Trinajstić information content (AvgIpc) is 2.66. The van der Waals surface area contributed by atoms with Gasteiger partial charge in [0, 0.05) is 12.3 Å². The first-order valence-electron chi connectivity index (χ1n) is 10.0. The molecule has 7 atom stereocenters. The van der Waals surface area contributed by atoms with E-state index in [4.69, 9.17) is 0 Å². The van der Waals surface area contributed by atoms with Gasteiger partial charge in [0.1, 0.15) is 5.78 Å². The summed E-state index contributed by atoms with van der Waals surface area (Å²) in [5.41, 5.74) is 0.610. The summed E-state index contributed by atoms with van der Waals surface area (Å²) in [5, 5.41) is 10.7. The molecule has 4 aliphatic rings. The van der Waals surface area contributed by atoms with Gasteiger partial charge in [0.05, 0.1) is 6.10 Å². The maximum Gasteiger partial charge on any atom is 0.136 e. The molecule has 4 fully saturated rings. The molecule has 0 aromatic heterocycles. The summed E-state index contributed by atoms with van der Waals surface area (Å²) in [6, 6.07) is 0. The Kier molecular flexibility index (Phi) is 3.55. The number of fused-ring (bicyclic) bond motifs is 5. The first kappa shape index (κ1) is 16.1. The number of ketones is 1. The van der Waals surface area contributed by atoms with Gasteiger partial charge in [-0.15, -0.1) is 0 Å². The molecule has 4 rings (SSSR count). The third-order valence-corrected chi connectivity index (χ3v) is 9.44. The first-order chi connectivity index (χ1) is 10.8. The van der Waals surface area contributed by atoms with Gasteiger partial charge in [-0.25, -0.2) is 0 Å². The molecule has 0 aliphatic heterocycles. The van der Waals surface area contributed by atoms with Gasteiger partial charge in [-0.2, -0.15) is 0 Å². The van der Waals surface area contributed by atoms with E-state index >= 15 is 0 Å². The highest BCUT2D eigenvalue weighted by Crippen LogP contribution is 2.70. The molecule has 0 radical (unpaired) electrons. The number of carbonyl (C=O) groups is 1. The van der Waals surface area contributed by atoms with Crippen molar-refractivity contribution in [3.63, 3.8) is 0 Å². The van der Waals surface area contributed by atoms with Crippen LogP contribution >= 0.6 is 0 Å². The van der Waals surface area contributed by atoms with E-state index < -0.39 is 0 Å². The Balaban J connectivity index is 1.72. The molecule has 1 N–H and O–H groups in total. The molecular formula is C21H34O2. The van der Waals surface area contributed by atoms with Crippen LogP contribution in [-0.4, -0.2) is 17.0 Å². The van der Waals surface area contributed by atoms with Crippen LogP contribution in [-0.2, 0) is 4.79 Å². The van der Waals surface area contributed by atoms with Crippen LogP contribution in [0.2, 0.25) is 0 Å². The van der Waals surface area contributed by atoms with Gasteiger partial charge in [0.15, 0.2) is 0 Å². The lowest BCUT2D eigenvalue weighted by Gasteiger charge is -2.62. The molecule has 130 valence electrons. The fourth-order valence-corrected chi connectivity index (χ4v) is 7.69. The molecule has 4 saturated carbocycles. The van der Waals surface area contributed by atoms with Crippen molar-refractivity contribution < 1.29 is 9.90 Å². The fourth-order valence-electron chi connectivity index (χ4n) is 7.69. The van der Waals surface area contributed by atoms with Crippen LogP contribution in [0.1, 0.15) is 85.0 Å². The van der Waals surface area contributed by atoms with Crippen molar-refractivity contribution in [3.05, 3.63) is 0 Å². The van der Waals surface area contributed by atoms with Gasteiger partial charge in [0.25, 0.3) is 0 Å². The zero-order valence-electron chi connectivity index (χ0n) is 15.2. The SMILES string of the molecule is CC12CCCCC(=O)C1CCC1C2CCC2(C)C(O)CCC12C. The van der Waals surface area contributed by atoms with Crippen molar-refractivity contribution >= 4 is 5.78 Å². The summed E-state index contributed by atoms with van der Waals surface area (Å²) >= 11 is 0. The number of rotatable bonds is 0. The number of Topliss-reactive ketones (excluding diaryl/α,β-unsaturated/α-hetero) is 1. The van der Waals surface area contributed by atoms with Crippen LogP contribution in [0.4, 0.5) is 0 Å². The van der Waals surface area contributed by atoms with E-state index in [2.05, 4.69) is 20.8 Å². The molecule has 0 spiro atoms. The highest BCUT2D eigenvalue weighted by molar-refractivity contribution is 5.82. The molecular weight excluding hydrogens is 284 g/mol. The molecule has 2 heteroatoms. The molecule has 7 unspecified atom stereocenters. The number of aliphatic hydroxyl groups excluding tert-OH is 1. The van der Waals surface area contributed by atoms with Crippen LogP contribution in [0.25, 0.3) is 0 Å². The Hall–Kier alpha value is -0.370. The lowest BCUT2D eigenvalue weighted by molar-refractivity contribution is -0.163. The Bertz CT molecular complexity index is 514. The van der Waals surface area contributed by atoms with Crippen molar-refractivity contribution in [2.75, 3.05) is 0 Å². The second kappa shape index (κ2) is 5.07. The molecule has 0 aromatic rings. The minimum Gasteiger partial charge on any atom is -0.393 e. The summed E-state index contributed by atoms with van der Waals surface area (Å²) < 4.78 is 0. The normalized spacial score (nSPS) is 56.4. The number of carbonyl (C=O) groups excluding carboxylic acids is 1. The number of hydrogen-bond acceptors (Lipinski definition) is 2. The van der Waals surface area contributed by atoms with E-state index in [0.717, 1.165) is 32.1 Å². The van der Waals surface area contributed by atoms with Gasteiger partial charge in [-0.05, 0) is 79.4 Å². The molecule has 2 nitrogen and oxygen atoms in total. The van der Waals surface area contributed by atoms with E-state index in [1.807, 2.05) is 0 Å². The lowest BCUT2D eigenvalue weighted by Crippen LogP contribution is -2.57. The third kappa shape index (κ3) is 1.94. The number of aliphatic hydroxyl groups is 1. The minimum atomic E-state index is -0.116. The highest BCUT2D eigenvalue weighted by Gasteiger charge is 2.65. The van der Waals surface area contributed by atoms with Crippen LogP contribution in [0.5, 0.6) is 0 Å². The topological polar surface area (TPSA) is 37.3 Å². The van der Waals surface area contributed by atoms with E-state index in [1.54, 1.807) is 0 Å². The van der Waals surface area contributed by atoms with Crippen LogP contribution in [0, 0.1) is 34.0 Å². The molecule has 0 heterocycles. The van der Waals surface area contributed by atoms with Gasteiger partial charge in [0.2, 0.25) is 0 Å². The Morgan fingerprint density at radius 1 is 0.870 bits per heavy atom. The largest absolute Gasteiger partial charge is 0.393 e. The van der Waals surface area contributed by atoms with Gasteiger partial charge in [-0.1, -0.05) is 27.2 Å². The van der Waals surface area contributed by atoms with E-state index in [-0.39, 0.29) is 22.3 Å². The molecule has 23 heavy (non-hydrogen) atoms. The third-order valence-electron chi connectivity index (χ3n) is 9.44. The van der Waals surface area contributed by atoms with E-state index in [9.17, 15) is 9.90 Å². The fraction of sp³-hybridized carbons (Fsp3) is 0.952. The predicted molar refractivity (Wildman–Crippen MR) is 92.0 cm³/mol. The quantitative estimate of drug-likeness (QED) is 0.700. The molecule has 4 aliphatic carbocycles. The predicted octanol–water partition coefficient (Wildman–Crippen LogP) is 4.74. The average molecular weight is 319 g/mol. The van der Waals surface area contributed by atoms with Crippen molar-refractivity contribution in [1.29, 1.82) is 0 Å². The van der Waals surface area contributed by atoms with E-state index in [0.29, 0.717) is 23.5 Å². The standard InChI is InChI=1S/C21H34O2/c1-19-11-5-4-6-17(22)16(19)8-7-15-14(19)9-12-21(3)18(23)10-13-20(15,21)2/h14-16,18,23H,4-13H2,1-3H3. The molecule has 0 bridgehead atoms. The van der Waals surface area contributed by atoms with Gasteiger partial charge >= 0.3 is 0 Å². The number of hydrogen-bond donors (Lipinski definition) is 1. The Labute approximate surface area is 141 Å². The zero-order valence-corrected chi connectivity index (χ0v) is 15.2. The van der Waals surface area contributed by atoms with Crippen molar-refractivity contribution in [2.24, 2.45) is 34.0 Å². The minimum absolute atomic E-state index is 0.103. The second-order valence-corrected chi connectivity index (χ2v) is 9.95. The summed E-state index contributed by atoms with van der Waals surface area (Å²) in [6.07, 6.45) is 11.2. The smallest absolute Gasteiger partial charge is 0.136 e. The van der Waals surface area contributed by atoms with Gasteiger partial charge < -0.3 is 5.11 Å². The van der Waals surface area contributed by atoms with Crippen molar-refractivity contribution in [3.8, 4) is 0 Å². The molecule has 0 amide bonds. The second-order valence-electron chi connectivity index (χ2n) is 9.95. The van der Waals surface area contributed by atoms with Crippen molar-refractivity contribution in [2.45, 2.75) is 91.1 Å². The summed E-state index contributed by atoms with van der Waals surface area (Å²) in [7, 11) is 0. The highest BCUT2D eigenvalue weighted by atomic mass is 16.3. The summed E-state index contributed by atoms with van der Waals surface area (Å²) in [4.78, 5) is 12.7. The van der Waals surface area contributed by atoms with Crippen LogP contribution in [0.15, 0.2) is 0 Å². The Morgan fingerprint density at radius 3 is 2.39 bits per heavy atom. The maximum atomic E-state index is 12.7. The van der Waals surface area contributed by atoms with Crippen LogP contribution < -0.4 is 0 Å². The van der Waals surface area contributed by atoms with E-state index in [1.165, 1.54) is 32.1 Å². The Morgan fingerprint density at radius 2 is 1.61 bits per heavy atom. The zero-order chi connectivity index (χ0) is 16.5. The monoisotopic (exact) mass is 318 g/mol. The lowest BCUT2D eigenvalue weighted by atomic mass is 9.42. The summed E-state index contributed by atoms with van der Waals surface area (Å²) in [6.45, 7) is 7.28. The first-order valence-corrected chi connectivity index (χ1v) is 10.0. The molecule has 0 aromatic carbocycles.